The molecule has 2 atom stereocenters. The first kappa shape index (κ1) is 17.1. The van der Waals surface area contributed by atoms with E-state index in [4.69, 9.17) is 4.74 Å². The van der Waals surface area contributed by atoms with Gasteiger partial charge < -0.3 is 10.1 Å². The fourth-order valence-electron chi connectivity index (χ4n) is 3.24. The number of aromatic amines is 1. The van der Waals surface area contributed by atoms with E-state index in [-0.39, 0.29) is 5.82 Å². The molecule has 5 nitrogen and oxygen atoms in total. The molecule has 0 saturated carbocycles. The molecular formula is C18H25FN4O. The number of aromatic nitrogens is 2. The van der Waals surface area contributed by atoms with Crippen LogP contribution in [-0.4, -0.2) is 53.5 Å². The van der Waals surface area contributed by atoms with Crippen molar-refractivity contribution in [3.05, 3.63) is 41.8 Å². The number of halogens is 1. The highest BCUT2D eigenvalue weighted by Gasteiger charge is 2.21. The fraction of sp³-hybridized carbons (Fsp3) is 0.500. The Kier molecular flexibility index (Phi) is 5.60. The third-order valence-electron chi connectivity index (χ3n) is 4.27. The smallest absolute Gasteiger partial charge is 0.123 e. The van der Waals surface area contributed by atoms with Crippen LogP contribution in [0.4, 0.5) is 4.39 Å². The van der Waals surface area contributed by atoms with Crippen molar-refractivity contribution in [3.8, 4) is 11.3 Å². The Balaban J connectivity index is 1.49. The number of rotatable bonds is 6. The Morgan fingerprint density at radius 2 is 1.96 bits per heavy atom. The molecule has 0 amide bonds. The summed E-state index contributed by atoms with van der Waals surface area (Å²) >= 11 is 0. The van der Waals surface area contributed by atoms with Crippen molar-refractivity contribution in [2.45, 2.75) is 32.6 Å². The van der Waals surface area contributed by atoms with Gasteiger partial charge in [0.2, 0.25) is 0 Å². The summed E-state index contributed by atoms with van der Waals surface area (Å²) in [7, 11) is 0. The number of nitrogens with zero attached hydrogens (tertiary/aromatic N) is 2. The van der Waals surface area contributed by atoms with Crippen molar-refractivity contribution < 1.29 is 9.13 Å². The Morgan fingerprint density at radius 3 is 2.67 bits per heavy atom. The number of benzene rings is 1. The maximum atomic E-state index is 13.1. The number of ether oxygens (including phenoxy) is 1. The Hall–Kier alpha value is -1.76. The van der Waals surface area contributed by atoms with Crippen LogP contribution in [0.1, 0.15) is 19.4 Å². The van der Waals surface area contributed by atoms with Crippen LogP contribution in [0.3, 0.4) is 0 Å². The highest BCUT2D eigenvalue weighted by atomic mass is 19.1. The van der Waals surface area contributed by atoms with Gasteiger partial charge in [-0.05, 0) is 38.1 Å². The molecule has 1 fully saturated rings. The highest BCUT2D eigenvalue weighted by Crippen LogP contribution is 2.21. The van der Waals surface area contributed by atoms with Gasteiger partial charge in [0.05, 0.1) is 24.1 Å². The standard InChI is InChI=1S/C18H25FN4O/c1-13-11-23(12-14(2)24-13)8-7-20-9-16-10-21-22-18(16)15-3-5-17(19)6-4-15/h3-6,10,13-14,20H,7-9,11-12H2,1-2H3,(H,21,22)/t13-,14-/m1/s1. The van der Waals surface area contributed by atoms with Crippen LogP contribution < -0.4 is 5.32 Å². The highest BCUT2D eigenvalue weighted by molar-refractivity contribution is 5.62. The van der Waals surface area contributed by atoms with Crippen molar-refractivity contribution in [2.75, 3.05) is 26.2 Å². The second-order valence-electron chi connectivity index (χ2n) is 6.47. The van der Waals surface area contributed by atoms with Crippen molar-refractivity contribution in [2.24, 2.45) is 0 Å². The van der Waals surface area contributed by atoms with Gasteiger partial charge in [0, 0.05) is 43.9 Å². The minimum absolute atomic E-state index is 0.230. The molecule has 0 unspecified atom stereocenters. The maximum Gasteiger partial charge on any atom is 0.123 e. The van der Waals surface area contributed by atoms with Gasteiger partial charge in [0.1, 0.15) is 5.82 Å². The number of nitrogens with one attached hydrogen (secondary N) is 2. The molecule has 0 bridgehead atoms. The Labute approximate surface area is 142 Å². The average molecular weight is 332 g/mol. The SMILES string of the molecule is C[C@@H]1CN(CCNCc2cn[nH]c2-c2ccc(F)cc2)C[C@@H](C)O1. The zero-order valence-electron chi connectivity index (χ0n) is 14.3. The van der Waals surface area contributed by atoms with E-state index in [2.05, 4.69) is 34.3 Å². The predicted molar refractivity (Wildman–Crippen MR) is 92.1 cm³/mol. The molecule has 0 radical (unpaired) electrons. The van der Waals surface area contributed by atoms with Crippen molar-refractivity contribution in [1.29, 1.82) is 0 Å². The first-order valence-corrected chi connectivity index (χ1v) is 8.48. The Bertz CT molecular complexity index is 633. The van der Waals surface area contributed by atoms with E-state index in [9.17, 15) is 4.39 Å². The van der Waals surface area contributed by atoms with Crippen LogP contribution >= 0.6 is 0 Å². The van der Waals surface area contributed by atoms with Crippen LogP contribution in [0.25, 0.3) is 11.3 Å². The van der Waals surface area contributed by atoms with Crippen molar-refractivity contribution in [1.82, 2.24) is 20.4 Å². The minimum Gasteiger partial charge on any atom is -0.373 e. The van der Waals surface area contributed by atoms with Crippen LogP contribution in [0.5, 0.6) is 0 Å². The molecule has 1 aromatic carbocycles. The van der Waals surface area contributed by atoms with Gasteiger partial charge in [-0.1, -0.05) is 0 Å². The summed E-state index contributed by atoms with van der Waals surface area (Å²) < 4.78 is 18.8. The van der Waals surface area contributed by atoms with Crippen LogP contribution in [0.2, 0.25) is 0 Å². The topological polar surface area (TPSA) is 53.2 Å². The zero-order valence-corrected chi connectivity index (χ0v) is 14.3. The van der Waals surface area contributed by atoms with E-state index in [1.807, 2.05) is 6.20 Å². The average Bonchev–Trinajstić information content (AvgIpc) is 3.00. The van der Waals surface area contributed by atoms with Crippen molar-refractivity contribution in [3.63, 3.8) is 0 Å². The maximum absolute atomic E-state index is 13.1. The molecule has 0 spiro atoms. The first-order chi connectivity index (χ1) is 11.6. The Morgan fingerprint density at radius 1 is 1.25 bits per heavy atom. The van der Waals surface area contributed by atoms with E-state index < -0.39 is 0 Å². The summed E-state index contributed by atoms with van der Waals surface area (Å²) in [6.45, 7) is 8.86. The molecule has 1 saturated heterocycles. The van der Waals surface area contributed by atoms with Gasteiger partial charge >= 0.3 is 0 Å². The number of hydrogen-bond acceptors (Lipinski definition) is 4. The summed E-state index contributed by atoms with van der Waals surface area (Å²) in [6, 6.07) is 6.47. The second kappa shape index (κ2) is 7.88. The van der Waals surface area contributed by atoms with Gasteiger partial charge in [-0.3, -0.25) is 10.00 Å². The number of H-pyrrole nitrogens is 1. The van der Waals surface area contributed by atoms with E-state index in [1.165, 1.54) is 12.1 Å². The summed E-state index contributed by atoms with van der Waals surface area (Å²) in [6.07, 6.45) is 2.42. The molecule has 2 N–H and O–H groups in total. The lowest BCUT2D eigenvalue weighted by Crippen LogP contribution is -2.47. The summed E-state index contributed by atoms with van der Waals surface area (Å²) in [5.74, 6) is -0.230. The lowest BCUT2D eigenvalue weighted by atomic mass is 10.1. The summed E-state index contributed by atoms with van der Waals surface area (Å²) in [5, 5.41) is 10.6. The molecular weight excluding hydrogens is 307 g/mol. The fourth-order valence-corrected chi connectivity index (χ4v) is 3.24. The normalized spacial score (nSPS) is 22.0. The van der Waals surface area contributed by atoms with Gasteiger partial charge in [-0.15, -0.1) is 0 Å². The van der Waals surface area contributed by atoms with Crippen LogP contribution in [0, 0.1) is 5.82 Å². The summed E-state index contributed by atoms with van der Waals surface area (Å²) in [4.78, 5) is 2.43. The second-order valence-corrected chi connectivity index (χ2v) is 6.47. The summed E-state index contributed by atoms with van der Waals surface area (Å²) in [5.41, 5.74) is 2.97. The zero-order chi connectivity index (χ0) is 16.9. The third kappa shape index (κ3) is 4.41. The van der Waals surface area contributed by atoms with Crippen molar-refractivity contribution >= 4 is 0 Å². The molecule has 2 aromatic rings. The largest absolute Gasteiger partial charge is 0.373 e. The van der Waals surface area contributed by atoms with E-state index >= 15 is 0 Å². The molecule has 24 heavy (non-hydrogen) atoms. The molecule has 1 aromatic heterocycles. The van der Waals surface area contributed by atoms with Crippen LogP contribution in [0.15, 0.2) is 30.5 Å². The molecule has 6 heteroatoms. The molecule has 130 valence electrons. The molecule has 3 rings (SSSR count). The minimum atomic E-state index is -0.230. The number of hydrogen-bond donors (Lipinski definition) is 2. The molecule has 2 heterocycles. The molecule has 1 aliphatic rings. The lowest BCUT2D eigenvalue weighted by molar-refractivity contribution is -0.0674. The number of morpholine rings is 1. The monoisotopic (exact) mass is 332 g/mol. The van der Waals surface area contributed by atoms with Gasteiger partial charge in [-0.2, -0.15) is 5.10 Å². The predicted octanol–water partition coefficient (Wildman–Crippen LogP) is 2.41. The van der Waals surface area contributed by atoms with E-state index in [1.54, 1.807) is 12.1 Å². The molecule has 0 aliphatic carbocycles. The molecule has 1 aliphatic heterocycles. The first-order valence-electron chi connectivity index (χ1n) is 8.48. The van der Waals surface area contributed by atoms with Gasteiger partial charge in [0.15, 0.2) is 0 Å². The van der Waals surface area contributed by atoms with E-state index in [0.717, 1.165) is 49.5 Å². The lowest BCUT2D eigenvalue weighted by Gasteiger charge is -2.35. The van der Waals surface area contributed by atoms with Gasteiger partial charge in [-0.25, -0.2) is 4.39 Å². The quantitative estimate of drug-likeness (QED) is 0.798. The van der Waals surface area contributed by atoms with Crippen LogP contribution in [-0.2, 0) is 11.3 Å². The van der Waals surface area contributed by atoms with Gasteiger partial charge in [0.25, 0.3) is 0 Å². The van der Waals surface area contributed by atoms with E-state index in [0.29, 0.717) is 12.2 Å². The third-order valence-corrected chi connectivity index (χ3v) is 4.27.